The van der Waals surface area contributed by atoms with Crippen molar-refractivity contribution in [3.8, 4) is 0 Å². The molecule has 3 aromatic rings. The monoisotopic (exact) mass is 484 g/mol. The number of aryl methyl sites for hydroxylation is 1. The van der Waals surface area contributed by atoms with Gasteiger partial charge in [-0.2, -0.15) is 0 Å². The zero-order chi connectivity index (χ0) is 22.8. The number of anilines is 2. The molecule has 4 N–H and O–H groups in total. The summed E-state index contributed by atoms with van der Waals surface area (Å²) in [5, 5.41) is 7.65. The lowest BCUT2D eigenvalue weighted by molar-refractivity contribution is 0.1000. The molecule has 0 spiro atoms. The minimum absolute atomic E-state index is 0.279. The molecule has 0 aliphatic carbocycles. The van der Waals surface area contributed by atoms with Crippen LogP contribution in [0.5, 0.6) is 0 Å². The molecular formula is C23H21ClN4O2S2. The van der Waals surface area contributed by atoms with E-state index in [1.54, 1.807) is 18.2 Å². The number of nitrogens with zero attached hydrogens (tertiary/aromatic N) is 1. The molecule has 2 heterocycles. The lowest BCUT2D eigenvalue weighted by atomic mass is 10.0. The summed E-state index contributed by atoms with van der Waals surface area (Å²) in [6.45, 7) is 3.08. The zero-order valence-corrected chi connectivity index (χ0v) is 19.7. The first-order chi connectivity index (χ1) is 15.3. The van der Waals surface area contributed by atoms with Crippen LogP contribution in [0.1, 0.15) is 36.7 Å². The first-order valence-corrected chi connectivity index (χ1v) is 11.6. The fourth-order valence-corrected chi connectivity index (χ4v) is 5.28. The molecule has 1 aromatic heterocycles. The number of para-hydroxylation sites is 1. The topological polar surface area (TPSA) is 87.5 Å². The van der Waals surface area contributed by atoms with Gasteiger partial charge in [0.15, 0.2) is 5.11 Å². The maximum Gasteiger partial charge on any atom is 0.256 e. The van der Waals surface area contributed by atoms with E-state index in [1.165, 1.54) is 11.3 Å². The summed E-state index contributed by atoms with van der Waals surface area (Å²) in [7, 11) is 0. The highest BCUT2D eigenvalue weighted by atomic mass is 35.5. The Balaban J connectivity index is 1.54. The fourth-order valence-electron chi connectivity index (χ4n) is 3.56. The Morgan fingerprint density at radius 2 is 1.84 bits per heavy atom. The van der Waals surface area contributed by atoms with Gasteiger partial charge in [0, 0.05) is 17.0 Å². The van der Waals surface area contributed by atoms with Crippen LogP contribution >= 0.6 is 35.2 Å². The number of nitrogens with one attached hydrogen (secondary N) is 2. The molecule has 0 bridgehead atoms. The molecule has 4 rings (SSSR count). The molecule has 9 heteroatoms. The van der Waals surface area contributed by atoms with Crippen LogP contribution in [0.15, 0.2) is 48.5 Å². The summed E-state index contributed by atoms with van der Waals surface area (Å²) in [4.78, 5) is 27.9. The minimum atomic E-state index is -0.549. The van der Waals surface area contributed by atoms with E-state index in [2.05, 4.69) is 10.6 Å². The Bertz CT molecular complexity index is 1210. The van der Waals surface area contributed by atoms with Gasteiger partial charge in [-0.25, -0.2) is 0 Å². The number of carbonyl (C=O) groups excluding carboxylic acids is 2. The molecule has 0 saturated carbocycles. The van der Waals surface area contributed by atoms with Gasteiger partial charge >= 0.3 is 0 Å². The second kappa shape index (κ2) is 9.28. The second-order valence-electron chi connectivity index (χ2n) is 7.47. The van der Waals surface area contributed by atoms with Crippen molar-refractivity contribution in [1.82, 2.24) is 4.90 Å². The number of nitrogens with two attached hydrogens (primary N) is 1. The third kappa shape index (κ3) is 4.62. The van der Waals surface area contributed by atoms with E-state index in [4.69, 9.17) is 29.6 Å². The van der Waals surface area contributed by atoms with Gasteiger partial charge in [0.25, 0.3) is 11.8 Å². The summed E-state index contributed by atoms with van der Waals surface area (Å²) in [6.07, 6.45) is 0.592. The van der Waals surface area contributed by atoms with Crippen LogP contribution in [0, 0.1) is 6.92 Å². The van der Waals surface area contributed by atoms with Crippen LogP contribution in [0.3, 0.4) is 0 Å². The highest BCUT2D eigenvalue weighted by Crippen LogP contribution is 2.37. The Morgan fingerprint density at radius 3 is 2.53 bits per heavy atom. The SMILES string of the molecule is Cc1ccc(C(=O)Nc2sc3c(c2C(N)=O)CCN(C(=S)Nc2ccccc2Cl)C3)cc1. The smallest absolute Gasteiger partial charge is 0.256 e. The van der Waals surface area contributed by atoms with Crippen molar-refractivity contribution >= 4 is 62.8 Å². The number of fused-ring (bicyclic) bond motifs is 1. The summed E-state index contributed by atoms with van der Waals surface area (Å²) in [5.41, 5.74) is 9.25. The Kier molecular flexibility index (Phi) is 6.45. The molecule has 0 radical (unpaired) electrons. The van der Waals surface area contributed by atoms with Gasteiger partial charge in [0.2, 0.25) is 0 Å². The molecule has 0 saturated heterocycles. The number of thiocarbonyl (C=S) groups is 1. The average Bonchev–Trinajstić information content (AvgIpc) is 3.12. The summed E-state index contributed by atoms with van der Waals surface area (Å²) in [5.74, 6) is -0.828. The lowest BCUT2D eigenvalue weighted by Gasteiger charge is -2.29. The van der Waals surface area contributed by atoms with Gasteiger partial charge in [-0.1, -0.05) is 41.4 Å². The third-order valence-corrected chi connectivity index (χ3v) is 7.07. The van der Waals surface area contributed by atoms with Crippen molar-refractivity contribution in [2.45, 2.75) is 19.9 Å². The van der Waals surface area contributed by atoms with Gasteiger partial charge in [-0.3, -0.25) is 9.59 Å². The van der Waals surface area contributed by atoms with E-state index < -0.39 is 5.91 Å². The second-order valence-corrected chi connectivity index (χ2v) is 9.37. The number of rotatable bonds is 4. The largest absolute Gasteiger partial charge is 0.365 e. The molecular weight excluding hydrogens is 464 g/mol. The van der Waals surface area contributed by atoms with Crippen LogP contribution < -0.4 is 16.4 Å². The fraction of sp³-hybridized carbons (Fsp3) is 0.174. The van der Waals surface area contributed by atoms with Crippen molar-refractivity contribution in [2.24, 2.45) is 5.73 Å². The Labute approximate surface area is 200 Å². The summed E-state index contributed by atoms with van der Waals surface area (Å²) in [6, 6.07) is 14.6. The van der Waals surface area contributed by atoms with E-state index in [1.807, 2.05) is 42.2 Å². The van der Waals surface area contributed by atoms with E-state index in [-0.39, 0.29) is 5.91 Å². The van der Waals surface area contributed by atoms with Crippen LogP contribution in [-0.4, -0.2) is 28.4 Å². The quantitative estimate of drug-likeness (QED) is 0.462. The zero-order valence-electron chi connectivity index (χ0n) is 17.3. The molecule has 2 aromatic carbocycles. The summed E-state index contributed by atoms with van der Waals surface area (Å²) >= 11 is 13.2. The van der Waals surface area contributed by atoms with Crippen molar-refractivity contribution in [3.63, 3.8) is 0 Å². The van der Waals surface area contributed by atoms with Gasteiger partial charge in [-0.15, -0.1) is 11.3 Å². The molecule has 164 valence electrons. The number of halogens is 1. The molecule has 0 unspecified atom stereocenters. The first kappa shape index (κ1) is 22.3. The maximum absolute atomic E-state index is 12.7. The van der Waals surface area contributed by atoms with E-state index in [0.717, 1.165) is 21.7 Å². The van der Waals surface area contributed by atoms with Crippen LogP contribution in [-0.2, 0) is 13.0 Å². The first-order valence-electron chi connectivity index (χ1n) is 9.96. The number of benzene rings is 2. The molecule has 2 amide bonds. The van der Waals surface area contributed by atoms with Crippen LogP contribution in [0.25, 0.3) is 0 Å². The number of carbonyl (C=O) groups is 2. The number of primary amides is 1. The number of hydrogen-bond acceptors (Lipinski definition) is 4. The van der Waals surface area contributed by atoms with Gasteiger partial charge in [0.1, 0.15) is 5.00 Å². The molecule has 1 aliphatic heterocycles. The average molecular weight is 485 g/mol. The highest BCUT2D eigenvalue weighted by molar-refractivity contribution is 7.80. The van der Waals surface area contributed by atoms with Crippen molar-refractivity contribution in [1.29, 1.82) is 0 Å². The molecule has 6 nitrogen and oxygen atoms in total. The Hall–Kier alpha value is -2.94. The van der Waals surface area contributed by atoms with E-state index >= 15 is 0 Å². The molecule has 0 fully saturated rings. The van der Waals surface area contributed by atoms with Crippen LogP contribution in [0.4, 0.5) is 10.7 Å². The van der Waals surface area contributed by atoms with Crippen molar-refractivity contribution in [2.75, 3.05) is 17.2 Å². The number of amides is 2. The van der Waals surface area contributed by atoms with Crippen molar-refractivity contribution < 1.29 is 9.59 Å². The maximum atomic E-state index is 12.7. The standard InChI is InChI=1S/C23H21ClN4O2S2/c1-13-6-8-14(9-7-13)21(30)27-22-19(20(25)29)15-10-11-28(12-18(15)32-22)23(31)26-17-5-3-2-4-16(17)24/h2-9H,10-12H2,1H3,(H2,25,29)(H,26,31)(H,27,30). The predicted octanol–water partition coefficient (Wildman–Crippen LogP) is 4.82. The van der Waals surface area contributed by atoms with Gasteiger partial charge < -0.3 is 21.3 Å². The molecule has 0 atom stereocenters. The van der Waals surface area contributed by atoms with Crippen molar-refractivity contribution in [3.05, 3.63) is 80.7 Å². The number of hydrogen-bond donors (Lipinski definition) is 3. The van der Waals surface area contributed by atoms with E-state index in [9.17, 15) is 9.59 Å². The summed E-state index contributed by atoms with van der Waals surface area (Å²) < 4.78 is 0. The number of thiophene rings is 1. The Morgan fingerprint density at radius 1 is 1.12 bits per heavy atom. The lowest BCUT2D eigenvalue weighted by Crippen LogP contribution is -2.38. The predicted molar refractivity (Wildman–Crippen MR) is 134 cm³/mol. The van der Waals surface area contributed by atoms with E-state index in [0.29, 0.717) is 45.8 Å². The third-order valence-electron chi connectivity index (χ3n) is 5.25. The normalized spacial score (nSPS) is 12.8. The highest BCUT2D eigenvalue weighted by Gasteiger charge is 2.29. The minimum Gasteiger partial charge on any atom is -0.365 e. The van der Waals surface area contributed by atoms with Gasteiger partial charge in [-0.05, 0) is 55.4 Å². The van der Waals surface area contributed by atoms with Gasteiger partial charge in [0.05, 0.1) is 22.8 Å². The van der Waals surface area contributed by atoms with Crippen LogP contribution in [0.2, 0.25) is 5.02 Å². The molecule has 1 aliphatic rings. The molecule has 32 heavy (non-hydrogen) atoms.